The summed E-state index contributed by atoms with van der Waals surface area (Å²) < 4.78 is 0. The van der Waals surface area contributed by atoms with Crippen LogP contribution in [0.5, 0.6) is 0 Å². The fourth-order valence-corrected chi connectivity index (χ4v) is 3.27. The molecule has 0 aromatic heterocycles. The molecule has 1 heteroatoms. The minimum absolute atomic E-state index is 0.0703. The summed E-state index contributed by atoms with van der Waals surface area (Å²) in [5, 5.41) is 10.3. The van der Waals surface area contributed by atoms with Crippen molar-refractivity contribution in [1.82, 2.24) is 0 Å². The van der Waals surface area contributed by atoms with E-state index in [2.05, 4.69) is 51.1 Å². The third kappa shape index (κ3) is 2.55. The van der Waals surface area contributed by atoms with E-state index in [0.717, 1.165) is 12.8 Å². The highest BCUT2D eigenvalue weighted by Crippen LogP contribution is 2.42. The van der Waals surface area contributed by atoms with Gasteiger partial charge in [0.25, 0.3) is 0 Å². The molecular weight excluding hydrogens is 208 g/mol. The van der Waals surface area contributed by atoms with Crippen LogP contribution in [0.1, 0.15) is 45.6 Å². The first-order chi connectivity index (χ1) is 8.01. The van der Waals surface area contributed by atoms with Crippen LogP contribution in [0.2, 0.25) is 0 Å². The average molecular weight is 232 g/mol. The number of benzene rings is 1. The number of hydrogen-bond acceptors (Lipinski definition) is 1. The Bertz CT molecular complexity index is 355. The van der Waals surface area contributed by atoms with E-state index in [1.165, 1.54) is 12.0 Å². The Labute approximate surface area is 105 Å². The lowest BCUT2D eigenvalue weighted by Gasteiger charge is -2.42. The number of aliphatic hydroxyl groups is 1. The van der Waals surface area contributed by atoms with Gasteiger partial charge in [-0.15, -0.1) is 0 Å². The monoisotopic (exact) mass is 232 g/mol. The van der Waals surface area contributed by atoms with Crippen molar-refractivity contribution in [3.05, 3.63) is 35.9 Å². The zero-order chi connectivity index (χ0) is 12.5. The second-order valence-corrected chi connectivity index (χ2v) is 6.18. The predicted molar refractivity (Wildman–Crippen MR) is 72.0 cm³/mol. The van der Waals surface area contributed by atoms with E-state index in [1.807, 2.05) is 0 Å². The van der Waals surface area contributed by atoms with Crippen LogP contribution in [0, 0.1) is 11.8 Å². The van der Waals surface area contributed by atoms with Crippen LogP contribution in [0.3, 0.4) is 0 Å². The molecule has 0 spiro atoms. The maximum atomic E-state index is 10.3. The molecule has 94 valence electrons. The molecule has 0 bridgehead atoms. The summed E-state index contributed by atoms with van der Waals surface area (Å²) in [6, 6.07) is 10.6. The van der Waals surface area contributed by atoms with Gasteiger partial charge in [-0.1, -0.05) is 57.5 Å². The lowest BCUT2D eigenvalue weighted by molar-refractivity contribution is 0.0143. The van der Waals surface area contributed by atoms with Crippen LogP contribution >= 0.6 is 0 Å². The van der Waals surface area contributed by atoms with Crippen molar-refractivity contribution in [2.45, 2.75) is 51.6 Å². The highest BCUT2D eigenvalue weighted by atomic mass is 16.3. The van der Waals surface area contributed by atoms with Gasteiger partial charge in [0.05, 0.1) is 6.10 Å². The van der Waals surface area contributed by atoms with E-state index in [1.54, 1.807) is 0 Å². The zero-order valence-corrected chi connectivity index (χ0v) is 11.2. The first-order valence-electron chi connectivity index (χ1n) is 6.75. The molecule has 1 fully saturated rings. The van der Waals surface area contributed by atoms with Crippen LogP contribution in [0.25, 0.3) is 0 Å². The normalized spacial score (nSPS) is 30.2. The maximum absolute atomic E-state index is 10.3. The predicted octanol–water partition coefficient (Wildman–Crippen LogP) is 3.76. The van der Waals surface area contributed by atoms with Gasteiger partial charge < -0.3 is 5.11 Å². The third-order valence-electron chi connectivity index (χ3n) is 4.52. The van der Waals surface area contributed by atoms with E-state index in [-0.39, 0.29) is 11.5 Å². The molecule has 17 heavy (non-hydrogen) atoms. The molecule has 1 saturated carbocycles. The summed E-state index contributed by atoms with van der Waals surface area (Å²) >= 11 is 0. The quantitative estimate of drug-likeness (QED) is 0.823. The van der Waals surface area contributed by atoms with Gasteiger partial charge in [-0.05, 0) is 35.7 Å². The van der Waals surface area contributed by atoms with Crippen molar-refractivity contribution in [3.8, 4) is 0 Å². The standard InChI is InChI=1S/C16H24O/c1-12-9-10-14(15(17)11-12)16(2,3)13-7-5-4-6-8-13/h4-8,12,14-15,17H,9-11H2,1-3H3. The maximum Gasteiger partial charge on any atom is 0.0579 e. The Balaban J connectivity index is 2.21. The summed E-state index contributed by atoms with van der Waals surface area (Å²) in [5.74, 6) is 1.06. The van der Waals surface area contributed by atoms with Gasteiger partial charge in [0, 0.05) is 0 Å². The second kappa shape index (κ2) is 4.81. The topological polar surface area (TPSA) is 20.2 Å². The Hall–Kier alpha value is -0.820. The van der Waals surface area contributed by atoms with E-state index < -0.39 is 0 Å². The molecule has 0 radical (unpaired) electrons. The molecular formula is C16H24O. The van der Waals surface area contributed by atoms with Gasteiger partial charge in [0.1, 0.15) is 0 Å². The molecule has 1 N–H and O–H groups in total. The lowest BCUT2D eigenvalue weighted by Crippen LogP contribution is -2.41. The molecule has 2 rings (SSSR count). The van der Waals surface area contributed by atoms with Gasteiger partial charge in [-0.25, -0.2) is 0 Å². The molecule has 0 saturated heterocycles. The van der Waals surface area contributed by atoms with Crippen LogP contribution < -0.4 is 0 Å². The van der Waals surface area contributed by atoms with E-state index >= 15 is 0 Å². The lowest BCUT2D eigenvalue weighted by atomic mass is 9.64. The number of aliphatic hydroxyl groups excluding tert-OH is 1. The van der Waals surface area contributed by atoms with Crippen LogP contribution in [0.15, 0.2) is 30.3 Å². The molecule has 0 heterocycles. The van der Waals surface area contributed by atoms with E-state index in [4.69, 9.17) is 0 Å². The van der Waals surface area contributed by atoms with Gasteiger partial charge in [-0.3, -0.25) is 0 Å². The SMILES string of the molecule is CC1CCC(C(C)(C)c2ccccc2)C(O)C1. The van der Waals surface area contributed by atoms with Crippen molar-refractivity contribution in [3.63, 3.8) is 0 Å². The molecule has 3 atom stereocenters. The minimum Gasteiger partial charge on any atom is -0.393 e. The second-order valence-electron chi connectivity index (χ2n) is 6.18. The summed E-state index contributed by atoms with van der Waals surface area (Å²) in [7, 11) is 0. The van der Waals surface area contributed by atoms with Gasteiger partial charge in [-0.2, -0.15) is 0 Å². The van der Waals surface area contributed by atoms with Crippen LogP contribution in [-0.4, -0.2) is 11.2 Å². The zero-order valence-electron chi connectivity index (χ0n) is 11.2. The Kier molecular flexibility index (Phi) is 3.58. The number of rotatable bonds is 2. The largest absolute Gasteiger partial charge is 0.393 e. The van der Waals surface area contributed by atoms with E-state index in [9.17, 15) is 5.11 Å². The number of hydrogen-bond donors (Lipinski definition) is 1. The molecule has 3 unspecified atom stereocenters. The Morgan fingerprint density at radius 3 is 2.35 bits per heavy atom. The summed E-state index contributed by atoms with van der Waals surface area (Å²) in [6.45, 7) is 6.79. The van der Waals surface area contributed by atoms with Gasteiger partial charge in [0.15, 0.2) is 0 Å². The fourth-order valence-electron chi connectivity index (χ4n) is 3.27. The molecule has 1 nitrogen and oxygen atoms in total. The summed E-state index contributed by atoms with van der Waals surface area (Å²) in [5.41, 5.74) is 1.42. The highest BCUT2D eigenvalue weighted by Gasteiger charge is 2.38. The summed E-state index contributed by atoms with van der Waals surface area (Å²) in [6.07, 6.45) is 3.21. The molecule has 1 aromatic carbocycles. The van der Waals surface area contributed by atoms with Crippen molar-refractivity contribution in [2.24, 2.45) is 11.8 Å². The molecule has 0 amide bonds. The van der Waals surface area contributed by atoms with Crippen molar-refractivity contribution >= 4 is 0 Å². The molecule has 1 aromatic rings. The Morgan fingerprint density at radius 2 is 1.76 bits per heavy atom. The molecule has 0 aliphatic heterocycles. The third-order valence-corrected chi connectivity index (χ3v) is 4.52. The smallest absolute Gasteiger partial charge is 0.0579 e. The Morgan fingerprint density at radius 1 is 1.12 bits per heavy atom. The first-order valence-corrected chi connectivity index (χ1v) is 6.75. The minimum atomic E-state index is -0.144. The van der Waals surface area contributed by atoms with Crippen LogP contribution in [-0.2, 0) is 5.41 Å². The van der Waals surface area contributed by atoms with Gasteiger partial charge in [0.2, 0.25) is 0 Å². The first kappa shape index (κ1) is 12.6. The van der Waals surface area contributed by atoms with Gasteiger partial charge >= 0.3 is 0 Å². The van der Waals surface area contributed by atoms with Crippen molar-refractivity contribution < 1.29 is 5.11 Å². The molecule has 1 aliphatic rings. The van der Waals surface area contributed by atoms with Crippen LogP contribution in [0.4, 0.5) is 0 Å². The van der Waals surface area contributed by atoms with Crippen molar-refractivity contribution in [1.29, 1.82) is 0 Å². The summed E-state index contributed by atoms with van der Waals surface area (Å²) in [4.78, 5) is 0. The van der Waals surface area contributed by atoms with E-state index in [0.29, 0.717) is 11.8 Å². The fraction of sp³-hybridized carbons (Fsp3) is 0.625. The highest BCUT2D eigenvalue weighted by molar-refractivity contribution is 5.25. The van der Waals surface area contributed by atoms with Crippen molar-refractivity contribution in [2.75, 3.05) is 0 Å². The molecule has 1 aliphatic carbocycles. The average Bonchev–Trinajstić information content (AvgIpc) is 2.29.